The summed E-state index contributed by atoms with van der Waals surface area (Å²) in [5.41, 5.74) is 0.473. The summed E-state index contributed by atoms with van der Waals surface area (Å²) < 4.78 is 0. The third kappa shape index (κ3) is 3.29. The third-order valence-corrected chi connectivity index (χ3v) is 2.90. The molecule has 0 aromatic carbocycles. The summed E-state index contributed by atoms with van der Waals surface area (Å²) in [6, 6.07) is 0.544. The van der Waals surface area contributed by atoms with Crippen LogP contribution in [-0.2, 0) is 4.79 Å². The minimum absolute atomic E-state index is 0.307. The largest absolute Gasteiger partial charge is 0.481 e. The van der Waals surface area contributed by atoms with Gasteiger partial charge in [-0.25, -0.2) is 0 Å². The van der Waals surface area contributed by atoms with Gasteiger partial charge in [0.2, 0.25) is 0 Å². The van der Waals surface area contributed by atoms with Crippen molar-refractivity contribution in [2.75, 3.05) is 13.1 Å². The van der Waals surface area contributed by atoms with Crippen LogP contribution >= 0.6 is 0 Å². The molecule has 14 heavy (non-hydrogen) atoms. The van der Waals surface area contributed by atoms with Crippen LogP contribution in [0.3, 0.4) is 0 Å². The number of carboxylic acids is 1. The Bertz CT molecular complexity index is 205. The van der Waals surface area contributed by atoms with Gasteiger partial charge in [-0.05, 0) is 25.2 Å². The van der Waals surface area contributed by atoms with Crippen molar-refractivity contribution in [3.63, 3.8) is 0 Å². The van der Waals surface area contributed by atoms with E-state index in [0.717, 1.165) is 25.9 Å². The molecule has 1 rings (SSSR count). The Hall–Kier alpha value is -0.570. The van der Waals surface area contributed by atoms with Gasteiger partial charge in [0.15, 0.2) is 0 Å². The first-order valence-electron chi connectivity index (χ1n) is 5.36. The Balaban J connectivity index is 2.11. The van der Waals surface area contributed by atoms with Crippen molar-refractivity contribution >= 4 is 5.97 Å². The quantitative estimate of drug-likeness (QED) is 0.736. The lowest BCUT2D eigenvalue weighted by Gasteiger charge is -2.49. The van der Waals surface area contributed by atoms with Gasteiger partial charge in [0, 0.05) is 25.6 Å². The normalized spacial score (nSPS) is 22.8. The molecule has 0 spiro atoms. The summed E-state index contributed by atoms with van der Waals surface area (Å²) in [5, 5.41) is 8.51. The second kappa shape index (κ2) is 4.30. The molecule has 1 heterocycles. The van der Waals surface area contributed by atoms with Crippen LogP contribution in [0.2, 0.25) is 0 Å². The topological polar surface area (TPSA) is 40.5 Å². The zero-order valence-corrected chi connectivity index (χ0v) is 9.42. The molecule has 0 amide bonds. The fraction of sp³-hybridized carbons (Fsp3) is 0.909. The third-order valence-electron chi connectivity index (χ3n) is 2.90. The summed E-state index contributed by atoms with van der Waals surface area (Å²) in [5.74, 6) is -0.680. The first-order chi connectivity index (χ1) is 6.41. The van der Waals surface area contributed by atoms with Crippen LogP contribution in [0.4, 0.5) is 0 Å². The Morgan fingerprint density at radius 2 is 2.07 bits per heavy atom. The fourth-order valence-electron chi connectivity index (χ4n) is 2.10. The molecule has 1 fully saturated rings. The van der Waals surface area contributed by atoms with Crippen molar-refractivity contribution in [3.05, 3.63) is 0 Å². The van der Waals surface area contributed by atoms with Gasteiger partial charge in [0.25, 0.3) is 0 Å². The average molecular weight is 199 g/mol. The number of hydrogen-bond acceptors (Lipinski definition) is 2. The molecule has 0 bridgehead atoms. The van der Waals surface area contributed by atoms with Crippen LogP contribution in [-0.4, -0.2) is 35.1 Å². The van der Waals surface area contributed by atoms with Crippen molar-refractivity contribution in [3.8, 4) is 0 Å². The Labute approximate surface area is 86.1 Å². The molecule has 1 aliphatic heterocycles. The number of aliphatic carboxylic acids is 1. The maximum atomic E-state index is 10.3. The van der Waals surface area contributed by atoms with Crippen LogP contribution < -0.4 is 0 Å². The summed E-state index contributed by atoms with van der Waals surface area (Å²) in [6.07, 6.45) is 2.11. The molecular weight excluding hydrogens is 178 g/mol. The van der Waals surface area contributed by atoms with E-state index in [4.69, 9.17) is 5.11 Å². The minimum Gasteiger partial charge on any atom is -0.481 e. The van der Waals surface area contributed by atoms with Crippen molar-refractivity contribution in [1.29, 1.82) is 0 Å². The number of carboxylic acid groups (broad SMARTS) is 1. The predicted octanol–water partition coefficient (Wildman–Crippen LogP) is 1.97. The molecule has 0 saturated carbocycles. The van der Waals surface area contributed by atoms with Gasteiger partial charge in [0.1, 0.15) is 0 Å². The van der Waals surface area contributed by atoms with E-state index >= 15 is 0 Å². The van der Waals surface area contributed by atoms with Crippen molar-refractivity contribution < 1.29 is 9.90 Å². The van der Waals surface area contributed by atoms with Crippen LogP contribution in [0.25, 0.3) is 0 Å². The fourth-order valence-corrected chi connectivity index (χ4v) is 2.10. The van der Waals surface area contributed by atoms with E-state index in [9.17, 15) is 4.79 Å². The second-order valence-corrected chi connectivity index (χ2v) is 5.20. The predicted molar refractivity (Wildman–Crippen MR) is 56.3 cm³/mol. The van der Waals surface area contributed by atoms with Crippen molar-refractivity contribution in [1.82, 2.24) is 4.90 Å². The van der Waals surface area contributed by atoms with E-state index in [1.807, 2.05) is 0 Å². The molecular formula is C11H21NO2. The smallest absolute Gasteiger partial charge is 0.303 e. The first-order valence-corrected chi connectivity index (χ1v) is 5.36. The summed E-state index contributed by atoms with van der Waals surface area (Å²) in [7, 11) is 0. The van der Waals surface area contributed by atoms with E-state index in [-0.39, 0.29) is 0 Å². The number of likely N-dealkylation sites (tertiary alicyclic amines) is 1. The molecule has 3 heteroatoms. The van der Waals surface area contributed by atoms with E-state index in [0.29, 0.717) is 17.9 Å². The molecule has 1 aliphatic rings. The molecule has 3 nitrogen and oxygen atoms in total. The molecule has 1 unspecified atom stereocenters. The van der Waals surface area contributed by atoms with E-state index in [1.54, 1.807) is 0 Å². The van der Waals surface area contributed by atoms with Gasteiger partial charge < -0.3 is 5.11 Å². The minimum atomic E-state index is -0.680. The lowest BCUT2D eigenvalue weighted by atomic mass is 9.83. The van der Waals surface area contributed by atoms with Gasteiger partial charge in [-0.15, -0.1) is 0 Å². The maximum absolute atomic E-state index is 10.3. The van der Waals surface area contributed by atoms with Crippen LogP contribution in [0.1, 0.15) is 40.0 Å². The Morgan fingerprint density at radius 3 is 2.50 bits per heavy atom. The molecule has 1 N–H and O–H groups in total. The zero-order chi connectivity index (χ0) is 10.8. The van der Waals surface area contributed by atoms with E-state index < -0.39 is 5.97 Å². The van der Waals surface area contributed by atoms with Gasteiger partial charge in [-0.1, -0.05) is 13.8 Å². The van der Waals surface area contributed by atoms with E-state index in [2.05, 4.69) is 25.7 Å². The lowest BCUT2D eigenvalue weighted by molar-refractivity contribution is -0.137. The summed E-state index contributed by atoms with van der Waals surface area (Å²) in [6.45, 7) is 9.04. The molecule has 1 atom stereocenters. The molecule has 82 valence electrons. The number of rotatable bonds is 5. The standard InChI is InChI=1S/C11H21NO2/c1-9(5-4-6-10(13)14)12-7-11(2,3)8-12/h9H,4-8H2,1-3H3,(H,13,14). The highest BCUT2D eigenvalue weighted by Crippen LogP contribution is 2.31. The van der Waals surface area contributed by atoms with Crippen LogP contribution in [0.15, 0.2) is 0 Å². The molecule has 0 aromatic heterocycles. The SMILES string of the molecule is CC(CCCC(=O)O)N1CC(C)(C)C1. The monoisotopic (exact) mass is 199 g/mol. The molecule has 0 aromatic rings. The highest BCUT2D eigenvalue weighted by molar-refractivity contribution is 5.66. The molecule has 0 radical (unpaired) electrons. The van der Waals surface area contributed by atoms with Gasteiger partial charge >= 0.3 is 5.97 Å². The lowest BCUT2D eigenvalue weighted by Crippen LogP contribution is -2.56. The molecule has 1 saturated heterocycles. The van der Waals surface area contributed by atoms with Gasteiger partial charge in [-0.3, -0.25) is 9.69 Å². The summed E-state index contributed by atoms with van der Waals surface area (Å²) >= 11 is 0. The first kappa shape index (κ1) is 11.5. The van der Waals surface area contributed by atoms with Crippen LogP contribution in [0, 0.1) is 5.41 Å². The Morgan fingerprint density at radius 1 is 1.50 bits per heavy atom. The maximum Gasteiger partial charge on any atom is 0.303 e. The number of hydrogen-bond donors (Lipinski definition) is 1. The molecule has 0 aliphatic carbocycles. The Kier molecular flexibility index (Phi) is 3.53. The van der Waals surface area contributed by atoms with Gasteiger partial charge in [-0.2, -0.15) is 0 Å². The number of nitrogens with zero attached hydrogens (tertiary/aromatic N) is 1. The van der Waals surface area contributed by atoms with E-state index in [1.165, 1.54) is 0 Å². The highest BCUT2D eigenvalue weighted by atomic mass is 16.4. The zero-order valence-electron chi connectivity index (χ0n) is 9.42. The van der Waals surface area contributed by atoms with Gasteiger partial charge in [0.05, 0.1) is 0 Å². The van der Waals surface area contributed by atoms with Crippen molar-refractivity contribution in [2.24, 2.45) is 5.41 Å². The summed E-state index contributed by atoms with van der Waals surface area (Å²) in [4.78, 5) is 12.8. The number of carbonyl (C=O) groups is 1. The highest BCUT2D eigenvalue weighted by Gasteiger charge is 2.36. The van der Waals surface area contributed by atoms with Crippen LogP contribution in [0.5, 0.6) is 0 Å². The average Bonchev–Trinajstić information content (AvgIpc) is 1.99. The van der Waals surface area contributed by atoms with Crippen molar-refractivity contribution in [2.45, 2.75) is 46.1 Å². The second-order valence-electron chi connectivity index (χ2n) is 5.20.